The minimum atomic E-state index is -0.312. The van der Waals surface area contributed by atoms with Gasteiger partial charge in [-0.3, -0.25) is 14.6 Å². The summed E-state index contributed by atoms with van der Waals surface area (Å²) in [5.74, 6) is 1.37. The number of benzene rings is 2. The van der Waals surface area contributed by atoms with E-state index >= 15 is 0 Å². The molecule has 0 radical (unpaired) electrons. The van der Waals surface area contributed by atoms with Crippen LogP contribution in [0.4, 0.5) is 10.6 Å². The van der Waals surface area contributed by atoms with E-state index in [9.17, 15) is 9.59 Å². The van der Waals surface area contributed by atoms with E-state index < -0.39 is 0 Å². The zero-order valence-electron chi connectivity index (χ0n) is 18.9. The summed E-state index contributed by atoms with van der Waals surface area (Å²) in [6.07, 6.45) is 0.0442. The number of carbonyl (C=O) groups is 2. The molecule has 0 spiro atoms. The highest BCUT2D eigenvalue weighted by Gasteiger charge is 2.35. The summed E-state index contributed by atoms with van der Waals surface area (Å²) < 4.78 is 0. The van der Waals surface area contributed by atoms with Crippen LogP contribution in [0.5, 0.6) is 0 Å². The normalized spacial score (nSPS) is 19.0. The maximum atomic E-state index is 13.5. The molecule has 2 aliphatic heterocycles. The number of rotatable bonds is 3. The molecule has 0 aliphatic carbocycles. The number of fused-ring (bicyclic) bond motifs is 5. The number of carbonyl (C=O) groups excluding carboxylic acids is 2. The van der Waals surface area contributed by atoms with E-state index in [-0.39, 0.29) is 24.1 Å². The molecule has 1 atom stereocenters. The molecule has 1 saturated heterocycles. The molecule has 8 heteroatoms. The second-order valence-electron chi connectivity index (χ2n) is 8.88. The maximum absolute atomic E-state index is 13.5. The molecule has 2 aliphatic rings. The zero-order valence-corrected chi connectivity index (χ0v) is 18.9. The lowest BCUT2D eigenvalue weighted by molar-refractivity contribution is -0.134. The number of nitrogens with zero attached hydrogens (tertiary/aromatic N) is 5. The van der Waals surface area contributed by atoms with Crippen LogP contribution in [0.25, 0.3) is 10.9 Å². The van der Waals surface area contributed by atoms with Crippen molar-refractivity contribution in [1.29, 1.82) is 0 Å². The van der Waals surface area contributed by atoms with Crippen molar-refractivity contribution >= 4 is 28.7 Å². The van der Waals surface area contributed by atoms with Crippen molar-refractivity contribution in [1.82, 2.24) is 25.1 Å². The van der Waals surface area contributed by atoms with Crippen molar-refractivity contribution in [2.75, 3.05) is 24.5 Å². The molecular weight excluding hydrogens is 416 g/mol. The quantitative estimate of drug-likeness (QED) is 0.672. The Labute approximate surface area is 193 Å². The molecule has 33 heavy (non-hydrogen) atoms. The molecular formula is C25H28N6O2. The molecule has 1 N–H and O–H groups in total. The van der Waals surface area contributed by atoms with Crippen molar-refractivity contribution in [2.24, 2.45) is 0 Å². The second kappa shape index (κ2) is 8.78. The first kappa shape index (κ1) is 21.3. The largest absolute Gasteiger partial charge is 0.338 e. The number of nitrogens with one attached hydrogen (secondary N) is 1. The monoisotopic (exact) mass is 444 g/mol. The summed E-state index contributed by atoms with van der Waals surface area (Å²) in [5, 5.41) is 4.02. The van der Waals surface area contributed by atoms with Gasteiger partial charge in [0.15, 0.2) is 0 Å². The lowest BCUT2D eigenvalue weighted by Crippen LogP contribution is -2.62. The average Bonchev–Trinajstić information content (AvgIpc) is 2.84. The SMILES string of the molecule is CC(C)N1C(=O)NC2CN(C(=O)Cc3ccccc3)CCN2Cc2nc1c1ccccc1n2. The van der Waals surface area contributed by atoms with E-state index in [2.05, 4.69) is 10.2 Å². The number of aromatic nitrogens is 2. The molecule has 3 heterocycles. The first-order valence-electron chi connectivity index (χ1n) is 11.4. The third-order valence-electron chi connectivity index (χ3n) is 6.27. The Bertz CT molecular complexity index is 1180. The Hall–Kier alpha value is -3.52. The van der Waals surface area contributed by atoms with Gasteiger partial charge in [0.05, 0.1) is 25.0 Å². The topological polar surface area (TPSA) is 81.7 Å². The van der Waals surface area contributed by atoms with E-state index in [4.69, 9.17) is 9.97 Å². The fourth-order valence-electron chi connectivity index (χ4n) is 4.59. The van der Waals surface area contributed by atoms with Crippen LogP contribution in [0.2, 0.25) is 0 Å². The molecule has 1 fully saturated rings. The lowest BCUT2D eigenvalue weighted by Gasteiger charge is -2.41. The molecule has 2 aromatic carbocycles. The van der Waals surface area contributed by atoms with Crippen molar-refractivity contribution in [3.63, 3.8) is 0 Å². The molecule has 1 aromatic heterocycles. The van der Waals surface area contributed by atoms with Gasteiger partial charge in [-0.05, 0) is 31.5 Å². The van der Waals surface area contributed by atoms with Gasteiger partial charge in [0.2, 0.25) is 5.91 Å². The van der Waals surface area contributed by atoms with Gasteiger partial charge in [-0.25, -0.2) is 14.8 Å². The van der Waals surface area contributed by atoms with Gasteiger partial charge in [0.1, 0.15) is 17.8 Å². The Morgan fingerprint density at radius 2 is 1.82 bits per heavy atom. The van der Waals surface area contributed by atoms with Gasteiger partial charge in [-0.1, -0.05) is 42.5 Å². The third-order valence-corrected chi connectivity index (χ3v) is 6.27. The number of anilines is 1. The van der Waals surface area contributed by atoms with Gasteiger partial charge in [0.25, 0.3) is 0 Å². The van der Waals surface area contributed by atoms with Crippen LogP contribution in [0.3, 0.4) is 0 Å². The highest BCUT2D eigenvalue weighted by Crippen LogP contribution is 2.28. The predicted molar refractivity (Wildman–Crippen MR) is 127 cm³/mol. The van der Waals surface area contributed by atoms with Gasteiger partial charge < -0.3 is 10.2 Å². The molecule has 8 nitrogen and oxygen atoms in total. The molecule has 5 rings (SSSR count). The molecule has 2 bridgehead atoms. The molecule has 0 saturated carbocycles. The molecule has 1 unspecified atom stereocenters. The maximum Gasteiger partial charge on any atom is 0.324 e. The van der Waals surface area contributed by atoms with E-state index in [0.717, 1.165) is 16.5 Å². The Balaban J connectivity index is 1.44. The van der Waals surface area contributed by atoms with E-state index in [1.807, 2.05) is 73.3 Å². The van der Waals surface area contributed by atoms with Gasteiger partial charge in [-0.15, -0.1) is 0 Å². The van der Waals surface area contributed by atoms with Crippen molar-refractivity contribution in [3.8, 4) is 0 Å². The fourth-order valence-corrected chi connectivity index (χ4v) is 4.59. The Morgan fingerprint density at radius 1 is 1.06 bits per heavy atom. The molecule has 170 valence electrons. The summed E-state index contributed by atoms with van der Waals surface area (Å²) in [5.41, 5.74) is 1.82. The van der Waals surface area contributed by atoms with Crippen LogP contribution < -0.4 is 10.2 Å². The number of piperazine rings is 1. The molecule has 3 amide bonds. The smallest absolute Gasteiger partial charge is 0.324 e. The van der Waals surface area contributed by atoms with Crippen molar-refractivity contribution in [3.05, 3.63) is 66.0 Å². The standard InChI is InChI=1S/C25H28N6O2/c1-17(2)31-24-19-10-6-7-11-20(19)26-21(27-24)15-29-12-13-30(16-22(29)28-25(31)33)23(32)14-18-8-4-3-5-9-18/h3-11,17,22H,12-16H2,1-2H3,(H,28,33). The highest BCUT2D eigenvalue weighted by molar-refractivity contribution is 6.00. The lowest BCUT2D eigenvalue weighted by atomic mass is 10.1. The minimum absolute atomic E-state index is 0.0678. The summed E-state index contributed by atoms with van der Waals surface area (Å²) in [7, 11) is 0. The Kier molecular flexibility index (Phi) is 5.68. The van der Waals surface area contributed by atoms with Crippen LogP contribution >= 0.6 is 0 Å². The number of para-hydroxylation sites is 1. The predicted octanol–water partition coefficient (Wildman–Crippen LogP) is 2.78. The van der Waals surface area contributed by atoms with Crippen molar-refractivity contribution in [2.45, 2.75) is 39.0 Å². The molecule has 3 aromatic rings. The average molecular weight is 445 g/mol. The number of hydrogen-bond acceptors (Lipinski definition) is 5. The first-order valence-corrected chi connectivity index (χ1v) is 11.4. The van der Waals surface area contributed by atoms with Crippen LogP contribution in [-0.2, 0) is 17.8 Å². The highest BCUT2D eigenvalue weighted by atomic mass is 16.2. The zero-order chi connectivity index (χ0) is 22.9. The minimum Gasteiger partial charge on any atom is -0.338 e. The van der Waals surface area contributed by atoms with Crippen LogP contribution in [0, 0.1) is 0 Å². The van der Waals surface area contributed by atoms with Gasteiger partial charge >= 0.3 is 6.03 Å². The van der Waals surface area contributed by atoms with Crippen molar-refractivity contribution < 1.29 is 9.59 Å². The number of urea groups is 1. The summed E-state index contributed by atoms with van der Waals surface area (Å²) in [6.45, 7) is 6.13. The van der Waals surface area contributed by atoms with Gasteiger partial charge in [0, 0.05) is 24.5 Å². The Morgan fingerprint density at radius 3 is 2.61 bits per heavy atom. The number of hydrogen-bond donors (Lipinski definition) is 1. The summed E-state index contributed by atoms with van der Waals surface area (Å²) in [4.78, 5) is 41.7. The van der Waals surface area contributed by atoms with E-state index in [1.54, 1.807) is 4.90 Å². The van der Waals surface area contributed by atoms with E-state index in [0.29, 0.717) is 44.2 Å². The third kappa shape index (κ3) is 4.26. The van der Waals surface area contributed by atoms with Gasteiger partial charge in [-0.2, -0.15) is 0 Å². The van der Waals surface area contributed by atoms with Crippen LogP contribution in [0.1, 0.15) is 25.2 Å². The van der Waals surface area contributed by atoms with Crippen LogP contribution in [-0.4, -0.2) is 63.5 Å². The fraction of sp³-hybridized carbons (Fsp3) is 0.360. The van der Waals surface area contributed by atoms with E-state index in [1.165, 1.54) is 0 Å². The summed E-state index contributed by atoms with van der Waals surface area (Å²) >= 11 is 0. The second-order valence-corrected chi connectivity index (χ2v) is 8.88. The summed E-state index contributed by atoms with van der Waals surface area (Å²) in [6, 6.07) is 17.2. The number of amides is 3. The van der Waals surface area contributed by atoms with Crippen LogP contribution in [0.15, 0.2) is 54.6 Å². The first-order chi connectivity index (χ1) is 16.0.